The summed E-state index contributed by atoms with van der Waals surface area (Å²) in [5.74, 6) is 0. The number of fused-ring (bicyclic) bond motifs is 5. The van der Waals surface area contributed by atoms with Gasteiger partial charge in [-0.25, -0.2) is 9.78 Å². The Labute approximate surface area is 201 Å². The summed E-state index contributed by atoms with van der Waals surface area (Å²) in [6, 6.07) is 26.2. The van der Waals surface area contributed by atoms with E-state index in [4.69, 9.17) is 4.98 Å². The summed E-state index contributed by atoms with van der Waals surface area (Å²) < 4.78 is 4.89. The first kappa shape index (κ1) is 21.1. The van der Waals surface area contributed by atoms with Crippen LogP contribution in [0, 0.1) is 6.92 Å². The van der Waals surface area contributed by atoms with Crippen LogP contribution in [0.4, 0.5) is 0 Å². The molecule has 0 amide bonds. The summed E-state index contributed by atoms with van der Waals surface area (Å²) in [4.78, 5) is 31.8. The fourth-order valence-electron chi connectivity index (χ4n) is 5.10. The van der Waals surface area contributed by atoms with Gasteiger partial charge in [0.1, 0.15) is 0 Å². The summed E-state index contributed by atoms with van der Waals surface area (Å²) in [6.07, 6.45) is 0.574. The molecule has 172 valence electrons. The second-order valence-electron chi connectivity index (χ2n) is 9.04. The van der Waals surface area contributed by atoms with Crippen LogP contribution in [-0.2, 0) is 20.5 Å². The number of hydrogen-bond acceptors (Lipinski definition) is 3. The van der Waals surface area contributed by atoms with Crippen molar-refractivity contribution >= 4 is 27.5 Å². The first-order valence-corrected chi connectivity index (χ1v) is 11.6. The summed E-state index contributed by atoms with van der Waals surface area (Å²) in [5.41, 5.74) is 7.19. The normalized spacial score (nSPS) is 11.6. The second kappa shape index (κ2) is 7.81. The van der Waals surface area contributed by atoms with Crippen molar-refractivity contribution in [1.82, 2.24) is 18.5 Å². The minimum atomic E-state index is -0.357. The minimum absolute atomic E-state index is 0.307. The van der Waals surface area contributed by atoms with Crippen LogP contribution in [0.25, 0.3) is 38.7 Å². The third-order valence-electron chi connectivity index (χ3n) is 6.73. The summed E-state index contributed by atoms with van der Waals surface area (Å²) >= 11 is 0. The number of benzene rings is 3. The van der Waals surface area contributed by atoms with Crippen LogP contribution in [0.1, 0.15) is 16.8 Å². The fraction of sp³-hybridized carbons (Fsp3) is 0.138. The first-order valence-electron chi connectivity index (χ1n) is 11.6. The van der Waals surface area contributed by atoms with Gasteiger partial charge in [-0.15, -0.1) is 0 Å². The predicted molar refractivity (Wildman–Crippen MR) is 140 cm³/mol. The molecule has 6 aromatic rings. The number of hydrogen-bond donors (Lipinski definition) is 0. The van der Waals surface area contributed by atoms with Crippen LogP contribution in [0.2, 0.25) is 0 Å². The minimum Gasteiger partial charge on any atom is -0.303 e. The topological polar surface area (TPSA) is 61.3 Å². The van der Waals surface area contributed by atoms with Crippen LogP contribution in [0.5, 0.6) is 0 Å². The Morgan fingerprint density at radius 2 is 1.54 bits per heavy atom. The number of aryl methyl sites for hydroxylation is 2. The molecule has 3 aromatic carbocycles. The van der Waals surface area contributed by atoms with Crippen LogP contribution in [0.15, 0.2) is 88.5 Å². The predicted octanol–water partition coefficient (Wildman–Crippen LogP) is 4.60. The van der Waals surface area contributed by atoms with Gasteiger partial charge in [0.2, 0.25) is 0 Å². The quantitative estimate of drug-likeness (QED) is 0.388. The van der Waals surface area contributed by atoms with E-state index < -0.39 is 0 Å². The molecule has 0 spiro atoms. The van der Waals surface area contributed by atoms with E-state index >= 15 is 0 Å². The van der Waals surface area contributed by atoms with Gasteiger partial charge in [-0.05, 0) is 36.2 Å². The standard InChI is InChI=1S/C29H24N4O2/c1-18-10-9-13-20(16-18)25-24-27(31(2)29(35)32(3)28(24)34)26-22(17-19-11-5-4-6-12-19)30-21-14-7-8-15-23(21)33(25)26/h4-16H,17H2,1-3H3. The van der Waals surface area contributed by atoms with Gasteiger partial charge < -0.3 is 4.40 Å². The zero-order valence-electron chi connectivity index (χ0n) is 19.8. The smallest absolute Gasteiger partial charge is 0.303 e. The molecule has 6 nitrogen and oxygen atoms in total. The molecule has 6 heteroatoms. The third-order valence-corrected chi connectivity index (χ3v) is 6.73. The van der Waals surface area contributed by atoms with Gasteiger partial charge in [-0.2, -0.15) is 0 Å². The van der Waals surface area contributed by atoms with Crippen molar-refractivity contribution in [2.24, 2.45) is 14.1 Å². The number of para-hydroxylation sites is 2. The van der Waals surface area contributed by atoms with Gasteiger partial charge in [-0.3, -0.25) is 13.9 Å². The van der Waals surface area contributed by atoms with Crippen molar-refractivity contribution in [3.8, 4) is 11.3 Å². The Kier molecular flexibility index (Phi) is 4.71. The lowest BCUT2D eigenvalue weighted by Crippen LogP contribution is -2.36. The van der Waals surface area contributed by atoms with Gasteiger partial charge >= 0.3 is 5.69 Å². The molecule has 0 atom stereocenters. The van der Waals surface area contributed by atoms with Gasteiger partial charge in [-0.1, -0.05) is 66.2 Å². The van der Waals surface area contributed by atoms with E-state index in [0.29, 0.717) is 17.3 Å². The van der Waals surface area contributed by atoms with E-state index in [1.54, 1.807) is 11.6 Å². The molecule has 3 aromatic heterocycles. The maximum atomic E-state index is 13.7. The van der Waals surface area contributed by atoms with E-state index in [1.165, 1.54) is 11.6 Å². The molecular formula is C29H24N4O2. The molecular weight excluding hydrogens is 436 g/mol. The molecule has 0 bridgehead atoms. The van der Waals surface area contributed by atoms with Crippen molar-refractivity contribution in [3.63, 3.8) is 0 Å². The Morgan fingerprint density at radius 3 is 2.31 bits per heavy atom. The fourth-order valence-corrected chi connectivity index (χ4v) is 5.10. The van der Waals surface area contributed by atoms with E-state index in [-0.39, 0.29) is 11.2 Å². The van der Waals surface area contributed by atoms with E-state index in [1.807, 2.05) is 67.6 Å². The molecule has 0 aliphatic heterocycles. The van der Waals surface area contributed by atoms with Crippen molar-refractivity contribution in [3.05, 3.63) is 117 Å². The van der Waals surface area contributed by atoms with Crippen LogP contribution in [0.3, 0.4) is 0 Å². The molecule has 3 heterocycles. The highest BCUT2D eigenvalue weighted by molar-refractivity contribution is 6.07. The second-order valence-corrected chi connectivity index (χ2v) is 9.04. The molecule has 35 heavy (non-hydrogen) atoms. The molecule has 0 saturated heterocycles. The lowest BCUT2D eigenvalue weighted by atomic mass is 10.1. The van der Waals surface area contributed by atoms with Crippen LogP contribution >= 0.6 is 0 Å². The van der Waals surface area contributed by atoms with Crippen LogP contribution in [-0.4, -0.2) is 18.5 Å². The zero-order valence-corrected chi connectivity index (χ0v) is 19.8. The largest absolute Gasteiger partial charge is 0.331 e. The van der Waals surface area contributed by atoms with Gasteiger partial charge in [0.25, 0.3) is 5.56 Å². The third kappa shape index (κ3) is 3.14. The maximum absolute atomic E-state index is 13.7. The molecule has 6 rings (SSSR count). The lowest BCUT2D eigenvalue weighted by molar-refractivity contribution is 0.715. The van der Waals surface area contributed by atoms with Gasteiger partial charge in [0.05, 0.1) is 38.8 Å². The summed E-state index contributed by atoms with van der Waals surface area (Å²) in [6.45, 7) is 2.04. The highest BCUT2D eigenvalue weighted by atomic mass is 16.2. The van der Waals surface area contributed by atoms with Gasteiger partial charge in [0, 0.05) is 20.5 Å². The molecule has 0 unspecified atom stereocenters. The number of rotatable bonds is 3. The number of nitrogens with zero attached hydrogens (tertiary/aromatic N) is 4. The van der Waals surface area contributed by atoms with E-state index in [9.17, 15) is 9.59 Å². The molecule has 0 fully saturated rings. The molecule has 0 aliphatic carbocycles. The monoisotopic (exact) mass is 460 g/mol. The Morgan fingerprint density at radius 1 is 0.800 bits per heavy atom. The Hall–Kier alpha value is -4.45. The van der Waals surface area contributed by atoms with Crippen molar-refractivity contribution < 1.29 is 0 Å². The van der Waals surface area contributed by atoms with E-state index in [2.05, 4.69) is 22.6 Å². The van der Waals surface area contributed by atoms with Crippen LogP contribution < -0.4 is 11.2 Å². The number of aromatic nitrogens is 4. The SMILES string of the molecule is Cc1cccc(-c2c3c(=O)n(C)c(=O)n(C)c3c3c(Cc4ccccc4)nc4ccccc4n23)c1. The Bertz CT molecular complexity index is 1890. The van der Waals surface area contributed by atoms with Crippen molar-refractivity contribution in [1.29, 1.82) is 0 Å². The van der Waals surface area contributed by atoms with Crippen molar-refractivity contribution in [2.45, 2.75) is 13.3 Å². The maximum Gasteiger partial charge on any atom is 0.331 e. The van der Waals surface area contributed by atoms with E-state index in [0.717, 1.165) is 44.6 Å². The molecule has 0 radical (unpaired) electrons. The lowest BCUT2D eigenvalue weighted by Gasteiger charge is -2.12. The molecule has 0 aliphatic rings. The first-order chi connectivity index (χ1) is 17.0. The Balaban J connectivity index is 1.92. The van der Waals surface area contributed by atoms with Gasteiger partial charge in [0.15, 0.2) is 0 Å². The summed E-state index contributed by atoms with van der Waals surface area (Å²) in [7, 11) is 3.26. The highest BCUT2D eigenvalue weighted by Gasteiger charge is 2.25. The van der Waals surface area contributed by atoms with Crippen molar-refractivity contribution in [2.75, 3.05) is 0 Å². The average molecular weight is 461 g/mol. The molecule has 0 N–H and O–H groups in total. The molecule has 0 saturated carbocycles. The average Bonchev–Trinajstić information content (AvgIpc) is 3.24. The highest BCUT2D eigenvalue weighted by Crippen LogP contribution is 2.36. The summed E-state index contributed by atoms with van der Waals surface area (Å²) in [5, 5.41) is 0.521. The zero-order chi connectivity index (χ0) is 24.3.